The Morgan fingerprint density at radius 3 is 3.00 bits per heavy atom. The van der Waals surface area contributed by atoms with Crippen molar-refractivity contribution < 1.29 is 0 Å². The molecule has 7 heteroatoms. The Labute approximate surface area is 121 Å². The van der Waals surface area contributed by atoms with E-state index in [-0.39, 0.29) is 0 Å². The van der Waals surface area contributed by atoms with Gasteiger partial charge in [-0.3, -0.25) is 4.68 Å². The summed E-state index contributed by atoms with van der Waals surface area (Å²) in [5, 5.41) is 16.3. The van der Waals surface area contributed by atoms with Gasteiger partial charge in [-0.05, 0) is 12.1 Å². The van der Waals surface area contributed by atoms with Crippen LogP contribution in [0.2, 0.25) is 0 Å². The maximum absolute atomic E-state index is 4.74. The van der Waals surface area contributed by atoms with Crippen LogP contribution in [0.3, 0.4) is 0 Å². The van der Waals surface area contributed by atoms with Gasteiger partial charge in [0.05, 0.1) is 11.9 Å². The summed E-state index contributed by atoms with van der Waals surface area (Å²) in [7, 11) is 1.86. The molecule has 0 fully saturated rings. The highest BCUT2D eigenvalue weighted by Gasteiger charge is 2.24. The van der Waals surface area contributed by atoms with Crippen LogP contribution in [0.25, 0.3) is 17.2 Å². The zero-order valence-corrected chi connectivity index (χ0v) is 11.7. The second-order valence-electron chi connectivity index (χ2n) is 5.08. The lowest BCUT2D eigenvalue weighted by molar-refractivity contribution is 0.620. The van der Waals surface area contributed by atoms with Gasteiger partial charge in [-0.1, -0.05) is 11.3 Å². The molecule has 0 spiro atoms. The molecule has 1 N–H and O–H groups in total. The van der Waals surface area contributed by atoms with Gasteiger partial charge in [0, 0.05) is 38.3 Å². The largest absolute Gasteiger partial charge is 0.312 e. The molecule has 3 aromatic rings. The lowest BCUT2D eigenvalue weighted by atomic mass is 10.1. The van der Waals surface area contributed by atoms with Gasteiger partial charge in [0.2, 0.25) is 0 Å². The van der Waals surface area contributed by atoms with Crippen LogP contribution >= 0.6 is 0 Å². The van der Waals surface area contributed by atoms with Crippen LogP contribution < -0.4 is 5.32 Å². The summed E-state index contributed by atoms with van der Waals surface area (Å²) >= 11 is 0. The van der Waals surface area contributed by atoms with Gasteiger partial charge in [0.1, 0.15) is 11.4 Å². The molecule has 0 bridgehead atoms. The third-order valence-electron chi connectivity index (χ3n) is 3.64. The smallest absolute Gasteiger partial charge is 0.153 e. The van der Waals surface area contributed by atoms with E-state index < -0.39 is 0 Å². The highest BCUT2D eigenvalue weighted by Crippen LogP contribution is 2.27. The Hall–Kier alpha value is -2.54. The molecule has 0 aromatic carbocycles. The van der Waals surface area contributed by atoms with Crippen LogP contribution in [-0.4, -0.2) is 36.3 Å². The molecule has 106 valence electrons. The SMILES string of the molecule is Cn1cc(-c2nn(-c3ccccn3)c3c2CNCC3)nn1. The number of nitrogens with one attached hydrogen (secondary N) is 1. The summed E-state index contributed by atoms with van der Waals surface area (Å²) in [5.74, 6) is 0.839. The van der Waals surface area contributed by atoms with E-state index in [1.165, 1.54) is 11.3 Å². The Balaban J connectivity index is 1.91. The summed E-state index contributed by atoms with van der Waals surface area (Å²) in [5.41, 5.74) is 4.07. The molecule has 4 heterocycles. The molecule has 4 rings (SSSR count). The third kappa shape index (κ3) is 2.02. The summed E-state index contributed by atoms with van der Waals surface area (Å²) < 4.78 is 3.62. The molecule has 0 atom stereocenters. The second kappa shape index (κ2) is 4.78. The Bertz CT molecular complexity index is 772. The van der Waals surface area contributed by atoms with E-state index in [4.69, 9.17) is 5.10 Å². The first-order valence-electron chi connectivity index (χ1n) is 6.92. The minimum Gasteiger partial charge on any atom is -0.312 e. The standard InChI is InChI=1S/C14H15N7/c1-20-9-11(17-19-20)14-10-8-15-7-5-12(10)21(18-14)13-4-2-3-6-16-13/h2-4,6,9,15H,5,7-8H2,1H3. The molecule has 7 nitrogen and oxygen atoms in total. The minimum atomic E-state index is 0.798. The van der Waals surface area contributed by atoms with E-state index in [1.54, 1.807) is 10.9 Å². The van der Waals surface area contributed by atoms with Crippen molar-refractivity contribution in [2.75, 3.05) is 6.54 Å². The van der Waals surface area contributed by atoms with Crippen LogP contribution in [0, 0.1) is 0 Å². The number of fused-ring (bicyclic) bond motifs is 1. The van der Waals surface area contributed by atoms with Crippen molar-refractivity contribution in [3.63, 3.8) is 0 Å². The minimum absolute atomic E-state index is 0.798. The number of nitrogens with zero attached hydrogens (tertiary/aromatic N) is 6. The van der Waals surface area contributed by atoms with Crippen LogP contribution in [0.15, 0.2) is 30.6 Å². The van der Waals surface area contributed by atoms with Crippen molar-refractivity contribution in [2.45, 2.75) is 13.0 Å². The van der Waals surface area contributed by atoms with E-state index in [1.807, 2.05) is 36.1 Å². The van der Waals surface area contributed by atoms with Crippen LogP contribution in [-0.2, 0) is 20.0 Å². The Kier molecular flexibility index (Phi) is 2.78. The Morgan fingerprint density at radius 2 is 2.24 bits per heavy atom. The first kappa shape index (κ1) is 12.2. The van der Waals surface area contributed by atoms with Crippen molar-refractivity contribution in [2.24, 2.45) is 7.05 Å². The van der Waals surface area contributed by atoms with Crippen LogP contribution in [0.4, 0.5) is 0 Å². The average Bonchev–Trinajstić information content (AvgIpc) is 3.12. The number of hydrogen-bond donors (Lipinski definition) is 1. The van der Waals surface area contributed by atoms with E-state index >= 15 is 0 Å². The second-order valence-corrected chi connectivity index (χ2v) is 5.08. The maximum Gasteiger partial charge on any atom is 0.153 e. The van der Waals surface area contributed by atoms with Crippen molar-refractivity contribution in [1.82, 2.24) is 35.1 Å². The molecule has 21 heavy (non-hydrogen) atoms. The molecule has 0 radical (unpaired) electrons. The van der Waals surface area contributed by atoms with Crippen molar-refractivity contribution in [3.05, 3.63) is 41.9 Å². The number of pyridine rings is 1. The number of aryl methyl sites for hydroxylation is 1. The first-order valence-corrected chi connectivity index (χ1v) is 6.92. The molecule has 3 aromatic heterocycles. The third-order valence-corrected chi connectivity index (χ3v) is 3.64. The number of rotatable bonds is 2. The van der Waals surface area contributed by atoms with Crippen molar-refractivity contribution >= 4 is 0 Å². The fourth-order valence-corrected chi connectivity index (χ4v) is 2.68. The molecule has 0 unspecified atom stereocenters. The van der Waals surface area contributed by atoms with Gasteiger partial charge in [-0.2, -0.15) is 5.10 Å². The van der Waals surface area contributed by atoms with E-state index in [9.17, 15) is 0 Å². The summed E-state index contributed by atoms with van der Waals surface area (Å²) in [4.78, 5) is 4.41. The van der Waals surface area contributed by atoms with Gasteiger partial charge < -0.3 is 5.32 Å². The van der Waals surface area contributed by atoms with Gasteiger partial charge in [0.15, 0.2) is 5.82 Å². The zero-order valence-electron chi connectivity index (χ0n) is 11.7. The molecule has 0 amide bonds. The maximum atomic E-state index is 4.74. The van der Waals surface area contributed by atoms with E-state index in [2.05, 4.69) is 20.6 Å². The van der Waals surface area contributed by atoms with Crippen LogP contribution in [0.1, 0.15) is 11.3 Å². The quantitative estimate of drug-likeness (QED) is 0.749. The van der Waals surface area contributed by atoms with E-state index in [0.29, 0.717) is 0 Å². The Morgan fingerprint density at radius 1 is 1.29 bits per heavy atom. The predicted molar refractivity (Wildman–Crippen MR) is 76.8 cm³/mol. The zero-order chi connectivity index (χ0) is 14.2. The molecular formula is C14H15N7. The van der Waals surface area contributed by atoms with Crippen molar-refractivity contribution in [3.8, 4) is 17.2 Å². The first-order chi connectivity index (χ1) is 10.3. The highest BCUT2D eigenvalue weighted by atomic mass is 15.4. The lowest BCUT2D eigenvalue weighted by Gasteiger charge is -2.14. The summed E-state index contributed by atoms with van der Waals surface area (Å²) in [6.07, 6.45) is 4.60. The molecule has 0 aliphatic carbocycles. The highest BCUT2D eigenvalue weighted by molar-refractivity contribution is 5.60. The molecule has 0 saturated heterocycles. The van der Waals surface area contributed by atoms with E-state index in [0.717, 1.165) is 36.7 Å². The number of aromatic nitrogens is 6. The molecule has 0 saturated carbocycles. The number of hydrogen-bond acceptors (Lipinski definition) is 5. The summed E-state index contributed by atoms with van der Waals surface area (Å²) in [6, 6.07) is 5.85. The molecule has 1 aliphatic rings. The summed E-state index contributed by atoms with van der Waals surface area (Å²) in [6.45, 7) is 1.75. The van der Waals surface area contributed by atoms with Gasteiger partial charge in [-0.25, -0.2) is 9.67 Å². The normalized spacial score (nSPS) is 14.1. The average molecular weight is 281 g/mol. The predicted octanol–water partition coefficient (Wildman–Crippen LogP) is 0.708. The fraction of sp³-hybridized carbons (Fsp3) is 0.286. The van der Waals surface area contributed by atoms with Gasteiger partial charge in [-0.15, -0.1) is 5.10 Å². The monoisotopic (exact) mass is 281 g/mol. The molecular weight excluding hydrogens is 266 g/mol. The van der Waals surface area contributed by atoms with Gasteiger partial charge in [0.25, 0.3) is 0 Å². The lowest BCUT2D eigenvalue weighted by Crippen LogP contribution is -2.24. The van der Waals surface area contributed by atoms with Crippen LogP contribution in [0.5, 0.6) is 0 Å². The van der Waals surface area contributed by atoms with Gasteiger partial charge >= 0.3 is 0 Å². The topological polar surface area (TPSA) is 73.5 Å². The fourth-order valence-electron chi connectivity index (χ4n) is 2.68. The van der Waals surface area contributed by atoms with Crippen molar-refractivity contribution in [1.29, 1.82) is 0 Å². The molecule has 1 aliphatic heterocycles.